The van der Waals surface area contributed by atoms with Crippen molar-refractivity contribution in [3.8, 4) is 0 Å². The van der Waals surface area contributed by atoms with Gasteiger partial charge >= 0.3 is 0 Å². The molecule has 0 saturated carbocycles. The summed E-state index contributed by atoms with van der Waals surface area (Å²) in [5.74, 6) is -0.306. The number of hydrazine groups is 1. The fourth-order valence-corrected chi connectivity index (χ4v) is 2.57. The van der Waals surface area contributed by atoms with Crippen molar-refractivity contribution in [1.29, 1.82) is 0 Å². The second-order valence-corrected chi connectivity index (χ2v) is 6.03. The fraction of sp³-hybridized carbons (Fsp3) is 0.105. The van der Waals surface area contributed by atoms with Crippen LogP contribution in [0.3, 0.4) is 0 Å². The largest absolute Gasteiger partial charge is 0.350 e. The van der Waals surface area contributed by atoms with Gasteiger partial charge in [0.05, 0.1) is 4.92 Å². The maximum atomic E-state index is 12.4. The van der Waals surface area contributed by atoms with E-state index in [1.807, 2.05) is 32.0 Å². The number of anilines is 3. The summed E-state index contributed by atoms with van der Waals surface area (Å²) >= 11 is 0. The SMILES string of the molecule is Cc1cc(C)nc(NNC(=O)c2ccc(Nc3ccccc3)c([N+](=O)[O-])c2)n1. The molecule has 0 aliphatic carbocycles. The Morgan fingerprint density at radius 1 is 1.00 bits per heavy atom. The average Bonchev–Trinajstić information content (AvgIpc) is 2.66. The molecule has 0 spiro atoms. The van der Waals surface area contributed by atoms with Crippen LogP contribution in [0, 0.1) is 24.0 Å². The standard InChI is InChI=1S/C19H18N6O3/c1-12-10-13(2)21-19(20-12)24-23-18(26)14-8-9-16(17(11-14)25(27)28)22-15-6-4-3-5-7-15/h3-11,22H,1-2H3,(H,23,26)(H,20,21,24). The molecule has 9 nitrogen and oxygen atoms in total. The van der Waals surface area contributed by atoms with Gasteiger partial charge in [-0.1, -0.05) is 18.2 Å². The summed E-state index contributed by atoms with van der Waals surface area (Å²) in [7, 11) is 0. The summed E-state index contributed by atoms with van der Waals surface area (Å²) in [5, 5.41) is 14.4. The van der Waals surface area contributed by atoms with Gasteiger partial charge in [0, 0.05) is 28.7 Å². The van der Waals surface area contributed by atoms with Crippen molar-refractivity contribution in [3.05, 3.63) is 81.7 Å². The van der Waals surface area contributed by atoms with Crippen molar-refractivity contribution < 1.29 is 9.72 Å². The van der Waals surface area contributed by atoms with Crippen LogP contribution in [0.1, 0.15) is 21.7 Å². The smallest absolute Gasteiger partial charge is 0.293 e. The first-order valence-electron chi connectivity index (χ1n) is 8.41. The quantitative estimate of drug-likeness (QED) is 0.443. The normalized spacial score (nSPS) is 10.2. The van der Waals surface area contributed by atoms with E-state index < -0.39 is 10.8 Å². The number of nitrogens with one attached hydrogen (secondary N) is 3. The Labute approximate surface area is 161 Å². The Kier molecular flexibility index (Phi) is 5.45. The first kappa shape index (κ1) is 18.8. The van der Waals surface area contributed by atoms with Gasteiger partial charge in [-0.05, 0) is 44.2 Å². The van der Waals surface area contributed by atoms with Crippen molar-refractivity contribution >= 4 is 28.9 Å². The molecular formula is C19H18N6O3. The van der Waals surface area contributed by atoms with Crippen LogP contribution < -0.4 is 16.2 Å². The predicted molar refractivity (Wildman–Crippen MR) is 105 cm³/mol. The number of nitro groups is 1. The number of hydrogen-bond acceptors (Lipinski definition) is 7. The Morgan fingerprint density at radius 3 is 2.32 bits per heavy atom. The van der Waals surface area contributed by atoms with Crippen LogP contribution in [0.15, 0.2) is 54.6 Å². The summed E-state index contributed by atoms with van der Waals surface area (Å²) in [6.45, 7) is 3.62. The van der Waals surface area contributed by atoms with Crippen molar-refractivity contribution in [2.45, 2.75) is 13.8 Å². The van der Waals surface area contributed by atoms with E-state index >= 15 is 0 Å². The molecule has 142 valence electrons. The number of aromatic nitrogens is 2. The summed E-state index contributed by atoms with van der Waals surface area (Å²) in [6, 6.07) is 15.1. The van der Waals surface area contributed by atoms with Crippen molar-refractivity contribution in [2.24, 2.45) is 0 Å². The van der Waals surface area contributed by atoms with E-state index in [0.29, 0.717) is 11.4 Å². The third-order valence-corrected chi connectivity index (χ3v) is 3.78. The minimum absolute atomic E-state index is 0.127. The van der Waals surface area contributed by atoms with Crippen LogP contribution in [0.2, 0.25) is 0 Å². The maximum absolute atomic E-state index is 12.4. The number of aryl methyl sites for hydroxylation is 2. The fourth-order valence-electron chi connectivity index (χ4n) is 2.57. The second-order valence-electron chi connectivity index (χ2n) is 6.03. The number of benzene rings is 2. The number of amides is 1. The lowest BCUT2D eigenvalue weighted by molar-refractivity contribution is -0.383. The van der Waals surface area contributed by atoms with E-state index in [4.69, 9.17) is 0 Å². The Balaban J connectivity index is 1.77. The number of nitro benzene ring substituents is 1. The zero-order valence-electron chi connectivity index (χ0n) is 15.3. The van der Waals surface area contributed by atoms with Gasteiger partial charge in [0.25, 0.3) is 11.6 Å². The number of hydrogen-bond donors (Lipinski definition) is 3. The third kappa shape index (κ3) is 4.58. The molecule has 0 fully saturated rings. The molecule has 0 atom stereocenters. The zero-order chi connectivity index (χ0) is 20.1. The predicted octanol–water partition coefficient (Wildman–Crippen LogP) is 3.50. The van der Waals surface area contributed by atoms with E-state index in [1.165, 1.54) is 18.2 Å². The van der Waals surface area contributed by atoms with Crippen LogP contribution >= 0.6 is 0 Å². The highest BCUT2D eigenvalue weighted by molar-refractivity contribution is 5.96. The number of para-hydroxylation sites is 1. The van der Waals surface area contributed by atoms with Gasteiger partial charge < -0.3 is 5.32 Å². The van der Waals surface area contributed by atoms with E-state index in [2.05, 4.69) is 26.1 Å². The van der Waals surface area contributed by atoms with Crippen molar-refractivity contribution in [1.82, 2.24) is 15.4 Å². The van der Waals surface area contributed by atoms with Crippen LogP contribution in [-0.2, 0) is 0 Å². The lowest BCUT2D eigenvalue weighted by Gasteiger charge is -2.10. The number of carbonyl (C=O) groups is 1. The van der Waals surface area contributed by atoms with Gasteiger partial charge in [-0.25, -0.2) is 9.97 Å². The molecule has 9 heteroatoms. The minimum atomic E-state index is -0.544. The molecule has 2 aromatic carbocycles. The first-order chi connectivity index (χ1) is 13.4. The highest BCUT2D eigenvalue weighted by atomic mass is 16.6. The molecule has 0 aliphatic rings. The minimum Gasteiger partial charge on any atom is -0.350 e. The van der Waals surface area contributed by atoms with Gasteiger partial charge in [0.1, 0.15) is 5.69 Å². The lowest BCUT2D eigenvalue weighted by atomic mass is 10.1. The highest BCUT2D eigenvalue weighted by Crippen LogP contribution is 2.28. The molecule has 0 saturated heterocycles. The van der Waals surface area contributed by atoms with Crippen LogP contribution in [0.25, 0.3) is 0 Å². The van der Waals surface area contributed by atoms with Gasteiger partial charge in [0.15, 0.2) is 0 Å². The number of carbonyl (C=O) groups excluding carboxylic acids is 1. The molecule has 0 bridgehead atoms. The van der Waals surface area contributed by atoms with E-state index in [-0.39, 0.29) is 17.2 Å². The van der Waals surface area contributed by atoms with Crippen molar-refractivity contribution in [2.75, 3.05) is 10.7 Å². The molecule has 3 rings (SSSR count). The molecule has 1 aromatic heterocycles. The summed E-state index contributed by atoms with van der Waals surface area (Å²) in [5.41, 5.74) is 7.47. The first-order valence-corrected chi connectivity index (χ1v) is 8.41. The third-order valence-electron chi connectivity index (χ3n) is 3.78. The molecule has 1 amide bonds. The highest BCUT2D eigenvalue weighted by Gasteiger charge is 2.18. The number of rotatable bonds is 6. The molecule has 3 aromatic rings. The second kappa shape index (κ2) is 8.12. The summed E-state index contributed by atoms with van der Waals surface area (Å²) < 4.78 is 0. The van der Waals surface area contributed by atoms with Crippen molar-refractivity contribution in [3.63, 3.8) is 0 Å². The van der Waals surface area contributed by atoms with E-state index in [1.54, 1.807) is 18.2 Å². The summed E-state index contributed by atoms with van der Waals surface area (Å²) in [4.78, 5) is 31.6. The van der Waals surface area contributed by atoms with Crippen LogP contribution in [0.4, 0.5) is 23.0 Å². The topological polar surface area (TPSA) is 122 Å². The van der Waals surface area contributed by atoms with Gasteiger partial charge in [-0.2, -0.15) is 0 Å². The Bertz CT molecular complexity index is 1000. The Morgan fingerprint density at radius 2 is 1.68 bits per heavy atom. The molecule has 0 radical (unpaired) electrons. The van der Waals surface area contributed by atoms with Gasteiger partial charge in [-0.15, -0.1) is 0 Å². The summed E-state index contributed by atoms with van der Waals surface area (Å²) in [6.07, 6.45) is 0. The van der Waals surface area contributed by atoms with Gasteiger partial charge in [-0.3, -0.25) is 25.8 Å². The van der Waals surface area contributed by atoms with Crippen LogP contribution in [-0.4, -0.2) is 20.8 Å². The molecule has 3 N–H and O–H groups in total. The van der Waals surface area contributed by atoms with E-state index in [0.717, 1.165) is 11.4 Å². The average molecular weight is 378 g/mol. The molecule has 0 aliphatic heterocycles. The molecule has 0 unspecified atom stereocenters. The molecule has 1 heterocycles. The number of nitrogens with zero attached hydrogens (tertiary/aromatic N) is 3. The lowest BCUT2D eigenvalue weighted by Crippen LogP contribution is -2.30. The van der Waals surface area contributed by atoms with Gasteiger partial charge in [0.2, 0.25) is 5.95 Å². The monoisotopic (exact) mass is 378 g/mol. The van der Waals surface area contributed by atoms with Crippen LogP contribution in [0.5, 0.6) is 0 Å². The van der Waals surface area contributed by atoms with E-state index in [9.17, 15) is 14.9 Å². The molecule has 28 heavy (non-hydrogen) atoms. The zero-order valence-corrected chi connectivity index (χ0v) is 15.3. The molecular weight excluding hydrogens is 360 g/mol. The Hall–Kier alpha value is -4.01. The maximum Gasteiger partial charge on any atom is 0.293 e.